The minimum Gasteiger partial charge on any atom is -0.496 e. The number of ether oxygens (including phenoxy) is 2. The Morgan fingerprint density at radius 2 is 2.05 bits per heavy atom. The summed E-state index contributed by atoms with van der Waals surface area (Å²) in [5.74, 6) is 1.49. The normalized spacial score (nSPS) is 19.1. The van der Waals surface area contributed by atoms with Gasteiger partial charge in [-0.3, -0.25) is 0 Å². The van der Waals surface area contributed by atoms with Crippen molar-refractivity contribution in [3.05, 3.63) is 29.3 Å². The van der Waals surface area contributed by atoms with Gasteiger partial charge in [0.25, 0.3) is 0 Å². The molecule has 0 radical (unpaired) electrons. The van der Waals surface area contributed by atoms with E-state index in [2.05, 4.69) is 32.9 Å². The molecule has 1 heterocycles. The van der Waals surface area contributed by atoms with E-state index < -0.39 is 0 Å². The van der Waals surface area contributed by atoms with Crippen molar-refractivity contribution in [2.75, 3.05) is 26.9 Å². The quantitative estimate of drug-likeness (QED) is 0.888. The number of hydrogen-bond acceptors (Lipinski definition) is 3. The zero-order valence-corrected chi connectivity index (χ0v) is 12.3. The summed E-state index contributed by atoms with van der Waals surface area (Å²) in [4.78, 5) is 0. The highest BCUT2D eigenvalue weighted by molar-refractivity contribution is 5.44. The van der Waals surface area contributed by atoms with Crippen molar-refractivity contribution in [3.8, 4) is 5.75 Å². The van der Waals surface area contributed by atoms with Crippen molar-refractivity contribution in [2.45, 2.75) is 26.2 Å². The second-order valence-corrected chi connectivity index (χ2v) is 5.89. The molecule has 0 amide bonds. The summed E-state index contributed by atoms with van der Waals surface area (Å²) in [7, 11) is 1.70. The minimum atomic E-state index is -0.111. The first-order chi connectivity index (χ1) is 9.05. The highest BCUT2D eigenvalue weighted by Crippen LogP contribution is 2.46. The van der Waals surface area contributed by atoms with E-state index in [1.807, 2.05) is 6.07 Å². The third-order valence-corrected chi connectivity index (χ3v) is 4.32. The van der Waals surface area contributed by atoms with Crippen LogP contribution >= 0.6 is 0 Å². The molecule has 1 aliphatic heterocycles. The van der Waals surface area contributed by atoms with Crippen LogP contribution in [-0.2, 0) is 10.2 Å². The van der Waals surface area contributed by atoms with E-state index in [1.54, 1.807) is 7.11 Å². The maximum atomic E-state index is 9.79. The predicted octanol–water partition coefficient (Wildman–Crippen LogP) is 2.54. The van der Waals surface area contributed by atoms with Crippen LogP contribution in [0.3, 0.4) is 0 Å². The molecular formula is C16H24O3. The lowest BCUT2D eigenvalue weighted by Gasteiger charge is -2.49. The van der Waals surface area contributed by atoms with Gasteiger partial charge in [-0.15, -0.1) is 0 Å². The molecule has 3 heteroatoms. The number of aliphatic hydroxyl groups is 1. The molecule has 106 valence electrons. The van der Waals surface area contributed by atoms with Crippen LogP contribution in [0.5, 0.6) is 5.75 Å². The van der Waals surface area contributed by atoms with E-state index >= 15 is 0 Å². The van der Waals surface area contributed by atoms with E-state index in [0.29, 0.717) is 19.1 Å². The summed E-state index contributed by atoms with van der Waals surface area (Å²) in [5.41, 5.74) is 2.27. The largest absolute Gasteiger partial charge is 0.496 e. The molecule has 1 N–H and O–H groups in total. The van der Waals surface area contributed by atoms with Crippen molar-refractivity contribution < 1.29 is 14.6 Å². The van der Waals surface area contributed by atoms with Crippen LogP contribution in [0.25, 0.3) is 0 Å². The van der Waals surface area contributed by atoms with Crippen molar-refractivity contribution in [3.63, 3.8) is 0 Å². The zero-order chi connectivity index (χ0) is 14.0. The van der Waals surface area contributed by atoms with E-state index in [1.165, 1.54) is 11.1 Å². The van der Waals surface area contributed by atoms with Crippen LogP contribution in [0.1, 0.15) is 25.0 Å². The summed E-state index contributed by atoms with van der Waals surface area (Å²) >= 11 is 0. The number of aliphatic hydroxyl groups excluding tert-OH is 1. The van der Waals surface area contributed by atoms with E-state index in [4.69, 9.17) is 9.47 Å². The SMILES string of the molecule is COc1ccc(C)cc1C1(C(CO)C(C)C)COC1. The molecule has 0 aromatic heterocycles. The average Bonchev–Trinajstić information content (AvgIpc) is 2.33. The predicted molar refractivity (Wildman–Crippen MR) is 75.6 cm³/mol. The topological polar surface area (TPSA) is 38.7 Å². The number of rotatable bonds is 5. The molecule has 1 saturated heterocycles. The van der Waals surface area contributed by atoms with E-state index in [9.17, 15) is 5.11 Å². The Morgan fingerprint density at radius 1 is 1.37 bits per heavy atom. The van der Waals surface area contributed by atoms with Gasteiger partial charge in [0.1, 0.15) is 5.75 Å². The lowest BCUT2D eigenvalue weighted by molar-refractivity contribution is -0.111. The van der Waals surface area contributed by atoms with Gasteiger partial charge >= 0.3 is 0 Å². The second-order valence-electron chi connectivity index (χ2n) is 5.89. The monoisotopic (exact) mass is 264 g/mol. The molecule has 1 aliphatic rings. The molecule has 3 nitrogen and oxygen atoms in total. The summed E-state index contributed by atoms with van der Waals surface area (Å²) in [6, 6.07) is 6.24. The molecule has 1 atom stereocenters. The summed E-state index contributed by atoms with van der Waals surface area (Å²) < 4.78 is 11.0. The molecule has 2 rings (SSSR count). The van der Waals surface area contributed by atoms with Crippen LogP contribution in [0.4, 0.5) is 0 Å². The third-order valence-electron chi connectivity index (χ3n) is 4.32. The Balaban J connectivity index is 2.49. The number of hydrogen-bond donors (Lipinski definition) is 1. The van der Waals surface area contributed by atoms with Gasteiger partial charge in [0, 0.05) is 12.2 Å². The maximum Gasteiger partial charge on any atom is 0.122 e. The molecule has 1 fully saturated rings. The zero-order valence-electron chi connectivity index (χ0n) is 12.3. The van der Waals surface area contributed by atoms with Crippen molar-refractivity contribution >= 4 is 0 Å². The standard InChI is InChI=1S/C16H24O3/c1-11(2)14(8-17)16(9-19-10-16)13-7-12(3)5-6-15(13)18-4/h5-7,11,14,17H,8-10H2,1-4H3. The lowest BCUT2D eigenvalue weighted by atomic mass is 9.64. The van der Waals surface area contributed by atoms with Gasteiger partial charge in [-0.2, -0.15) is 0 Å². The second kappa shape index (κ2) is 5.51. The first kappa shape index (κ1) is 14.4. The van der Waals surface area contributed by atoms with Crippen molar-refractivity contribution in [2.24, 2.45) is 11.8 Å². The fourth-order valence-corrected chi connectivity index (χ4v) is 3.13. The van der Waals surface area contributed by atoms with E-state index in [-0.39, 0.29) is 17.9 Å². The highest BCUT2D eigenvalue weighted by atomic mass is 16.5. The Bertz CT molecular complexity index is 436. The first-order valence-electron chi connectivity index (χ1n) is 6.89. The summed E-state index contributed by atoms with van der Waals surface area (Å²) in [6.45, 7) is 7.90. The fourth-order valence-electron chi connectivity index (χ4n) is 3.13. The van der Waals surface area contributed by atoms with Gasteiger partial charge in [-0.1, -0.05) is 31.5 Å². The Kier molecular flexibility index (Phi) is 4.16. The Morgan fingerprint density at radius 3 is 2.47 bits per heavy atom. The van der Waals surface area contributed by atoms with Gasteiger partial charge in [0.05, 0.1) is 25.7 Å². The maximum absolute atomic E-state index is 9.79. The molecular weight excluding hydrogens is 240 g/mol. The van der Waals surface area contributed by atoms with Crippen LogP contribution in [0.2, 0.25) is 0 Å². The van der Waals surface area contributed by atoms with Crippen LogP contribution in [0, 0.1) is 18.8 Å². The molecule has 0 saturated carbocycles. The van der Waals surface area contributed by atoms with Gasteiger partial charge < -0.3 is 14.6 Å². The lowest BCUT2D eigenvalue weighted by Crippen LogP contribution is -2.55. The van der Waals surface area contributed by atoms with Gasteiger partial charge in [-0.05, 0) is 24.8 Å². The van der Waals surface area contributed by atoms with Gasteiger partial charge in [-0.25, -0.2) is 0 Å². The molecule has 1 aromatic rings. The Labute approximate surface area is 115 Å². The van der Waals surface area contributed by atoms with Crippen molar-refractivity contribution in [1.29, 1.82) is 0 Å². The molecule has 0 spiro atoms. The van der Waals surface area contributed by atoms with Crippen molar-refractivity contribution in [1.82, 2.24) is 0 Å². The average molecular weight is 264 g/mol. The number of benzene rings is 1. The fraction of sp³-hybridized carbons (Fsp3) is 0.625. The third kappa shape index (κ3) is 2.37. The molecule has 19 heavy (non-hydrogen) atoms. The Hall–Kier alpha value is -1.06. The number of aryl methyl sites for hydroxylation is 1. The van der Waals surface area contributed by atoms with Crippen LogP contribution in [-0.4, -0.2) is 32.0 Å². The summed E-state index contributed by atoms with van der Waals surface area (Å²) in [6.07, 6.45) is 0. The summed E-state index contributed by atoms with van der Waals surface area (Å²) in [5, 5.41) is 9.79. The number of methoxy groups -OCH3 is 1. The van der Waals surface area contributed by atoms with Crippen LogP contribution in [0.15, 0.2) is 18.2 Å². The van der Waals surface area contributed by atoms with Crippen LogP contribution < -0.4 is 4.74 Å². The molecule has 0 aliphatic carbocycles. The smallest absolute Gasteiger partial charge is 0.122 e. The highest BCUT2D eigenvalue weighted by Gasteiger charge is 2.49. The first-order valence-corrected chi connectivity index (χ1v) is 6.89. The molecule has 0 bridgehead atoms. The minimum absolute atomic E-state index is 0.111. The van der Waals surface area contributed by atoms with E-state index in [0.717, 1.165) is 5.75 Å². The van der Waals surface area contributed by atoms with Gasteiger partial charge in [0.15, 0.2) is 0 Å². The molecule has 1 unspecified atom stereocenters. The molecule has 1 aromatic carbocycles. The van der Waals surface area contributed by atoms with Gasteiger partial charge in [0.2, 0.25) is 0 Å².